The number of hydrogen-bond acceptors (Lipinski definition) is 3. The van der Waals surface area contributed by atoms with Crippen molar-refractivity contribution >= 4 is 51.0 Å². The first-order chi connectivity index (χ1) is 14.6. The van der Waals surface area contributed by atoms with Gasteiger partial charge in [-0.15, -0.1) is 0 Å². The smallest absolute Gasteiger partial charge is 0.233 e. The van der Waals surface area contributed by atoms with Crippen LogP contribution >= 0.6 is 11.6 Å². The van der Waals surface area contributed by atoms with E-state index in [1.165, 1.54) is 0 Å². The summed E-state index contributed by atoms with van der Waals surface area (Å²) in [7, 11) is 0. The molecule has 0 atom stereocenters. The fraction of sp³-hybridized carbons (Fsp3) is 0.0800. The Hall–Kier alpha value is -3.50. The van der Waals surface area contributed by atoms with E-state index in [1.54, 1.807) is 23.1 Å². The molecular formula is C25H19ClN2O2. The molecule has 4 nitrogen and oxygen atoms in total. The first-order valence-corrected chi connectivity index (χ1v) is 10.2. The molecule has 0 saturated heterocycles. The summed E-state index contributed by atoms with van der Waals surface area (Å²) in [5.41, 5.74) is 3.24. The van der Waals surface area contributed by atoms with E-state index in [0.717, 1.165) is 33.5 Å². The molecule has 1 aliphatic rings. The van der Waals surface area contributed by atoms with E-state index >= 15 is 0 Å². The van der Waals surface area contributed by atoms with Crippen molar-refractivity contribution in [3.8, 4) is 5.75 Å². The number of phenols is 1. The molecule has 1 N–H and O–H groups in total. The van der Waals surface area contributed by atoms with Crippen LogP contribution in [0.4, 0.5) is 22.7 Å². The van der Waals surface area contributed by atoms with Crippen molar-refractivity contribution in [1.29, 1.82) is 0 Å². The van der Waals surface area contributed by atoms with Crippen LogP contribution in [0.5, 0.6) is 5.75 Å². The van der Waals surface area contributed by atoms with Crippen LogP contribution in [0.15, 0.2) is 84.9 Å². The van der Waals surface area contributed by atoms with Gasteiger partial charge in [-0.1, -0.05) is 41.9 Å². The summed E-state index contributed by atoms with van der Waals surface area (Å²) in [6.07, 6.45) is 0.338. The minimum absolute atomic E-state index is 0.00804. The Morgan fingerprint density at radius 3 is 2.30 bits per heavy atom. The molecule has 0 aromatic heterocycles. The molecule has 148 valence electrons. The molecule has 0 aliphatic carbocycles. The highest BCUT2D eigenvalue weighted by atomic mass is 35.5. The third-order valence-electron chi connectivity index (χ3n) is 5.42. The third-order valence-corrected chi connectivity index (χ3v) is 5.67. The van der Waals surface area contributed by atoms with Crippen molar-refractivity contribution in [2.75, 3.05) is 16.3 Å². The second-order valence-corrected chi connectivity index (χ2v) is 7.75. The molecule has 1 amide bonds. The number of rotatable bonds is 2. The van der Waals surface area contributed by atoms with Gasteiger partial charge in [-0.05, 0) is 59.3 Å². The summed E-state index contributed by atoms with van der Waals surface area (Å²) >= 11 is 6.06. The van der Waals surface area contributed by atoms with Gasteiger partial charge in [0.25, 0.3) is 0 Å². The number of fused-ring (bicyclic) bond motifs is 2. The topological polar surface area (TPSA) is 43.8 Å². The van der Waals surface area contributed by atoms with Crippen LogP contribution in [0, 0.1) is 0 Å². The molecule has 0 unspecified atom stereocenters. The van der Waals surface area contributed by atoms with E-state index in [0.29, 0.717) is 18.0 Å². The average Bonchev–Trinajstić information content (AvgIpc) is 2.90. The molecule has 0 radical (unpaired) electrons. The molecule has 30 heavy (non-hydrogen) atoms. The van der Waals surface area contributed by atoms with Gasteiger partial charge >= 0.3 is 0 Å². The molecule has 5 heteroatoms. The molecule has 0 bridgehead atoms. The number of hydrogen-bond donors (Lipinski definition) is 1. The highest BCUT2D eigenvalue weighted by Crippen LogP contribution is 2.43. The number of benzene rings is 4. The molecular weight excluding hydrogens is 396 g/mol. The van der Waals surface area contributed by atoms with Crippen molar-refractivity contribution in [1.82, 2.24) is 0 Å². The zero-order valence-corrected chi connectivity index (χ0v) is 16.9. The first-order valence-electron chi connectivity index (χ1n) is 9.78. The van der Waals surface area contributed by atoms with Crippen LogP contribution < -0.4 is 9.80 Å². The first kappa shape index (κ1) is 18.5. The van der Waals surface area contributed by atoms with Gasteiger partial charge in [-0.3, -0.25) is 9.69 Å². The van der Waals surface area contributed by atoms with Gasteiger partial charge in [0.1, 0.15) is 5.75 Å². The molecule has 0 fully saturated rings. The highest BCUT2D eigenvalue weighted by Gasteiger charge is 2.28. The second kappa shape index (κ2) is 7.39. The fourth-order valence-electron chi connectivity index (χ4n) is 3.98. The Bertz CT molecular complexity index is 1250. The largest absolute Gasteiger partial charge is 0.508 e. The number of halogens is 1. The number of anilines is 4. The lowest BCUT2D eigenvalue weighted by Gasteiger charge is -2.27. The predicted octanol–water partition coefficient (Wildman–Crippen LogP) is 6.41. The Morgan fingerprint density at radius 1 is 0.767 bits per heavy atom. The number of carbonyl (C=O) groups excluding carboxylic acids is 1. The van der Waals surface area contributed by atoms with Crippen molar-refractivity contribution in [2.24, 2.45) is 0 Å². The molecule has 4 aromatic rings. The lowest BCUT2D eigenvalue weighted by Crippen LogP contribution is -2.25. The summed E-state index contributed by atoms with van der Waals surface area (Å²) < 4.78 is 0. The Morgan fingerprint density at radius 2 is 1.50 bits per heavy atom. The fourth-order valence-corrected chi connectivity index (χ4v) is 4.11. The SMILES string of the molecule is O=C1CCN(c2ccc(Cl)cc2)c2cc(O)ccc2N1c1ccc2ccccc2c1. The molecule has 1 aliphatic heterocycles. The van der Waals surface area contributed by atoms with Gasteiger partial charge < -0.3 is 10.0 Å². The maximum atomic E-state index is 13.2. The average molecular weight is 415 g/mol. The van der Waals surface area contributed by atoms with Gasteiger partial charge in [-0.25, -0.2) is 0 Å². The van der Waals surface area contributed by atoms with Gasteiger partial charge in [0, 0.05) is 35.4 Å². The second-order valence-electron chi connectivity index (χ2n) is 7.31. The molecule has 0 spiro atoms. The number of phenolic OH excluding ortho intramolecular Hbond substituents is 1. The molecule has 0 saturated carbocycles. The van der Waals surface area contributed by atoms with Crippen molar-refractivity contribution in [2.45, 2.75) is 6.42 Å². The lowest BCUT2D eigenvalue weighted by molar-refractivity contribution is -0.117. The number of carbonyl (C=O) groups is 1. The van der Waals surface area contributed by atoms with Crippen molar-refractivity contribution in [3.05, 3.63) is 90.0 Å². The normalized spacial score (nSPS) is 14.0. The van der Waals surface area contributed by atoms with Crippen LogP contribution in [0.25, 0.3) is 10.8 Å². The van der Waals surface area contributed by atoms with E-state index in [9.17, 15) is 9.90 Å². The Kier molecular flexibility index (Phi) is 4.57. The Balaban J connectivity index is 1.68. The van der Waals surface area contributed by atoms with E-state index in [1.807, 2.05) is 65.6 Å². The summed E-state index contributed by atoms with van der Waals surface area (Å²) in [6.45, 7) is 0.501. The summed E-state index contributed by atoms with van der Waals surface area (Å²) in [5.74, 6) is 0.161. The quantitative estimate of drug-likeness (QED) is 0.412. The van der Waals surface area contributed by atoms with Gasteiger partial charge in [0.15, 0.2) is 0 Å². The van der Waals surface area contributed by atoms with E-state index in [-0.39, 0.29) is 11.7 Å². The van der Waals surface area contributed by atoms with Crippen molar-refractivity contribution in [3.63, 3.8) is 0 Å². The van der Waals surface area contributed by atoms with Gasteiger partial charge in [0.05, 0.1) is 11.4 Å². The molecule has 1 heterocycles. The summed E-state index contributed by atoms with van der Waals surface area (Å²) in [4.78, 5) is 17.0. The van der Waals surface area contributed by atoms with Crippen LogP contribution in [0.1, 0.15) is 6.42 Å². The zero-order valence-electron chi connectivity index (χ0n) is 16.1. The van der Waals surface area contributed by atoms with Crippen LogP contribution in [0.3, 0.4) is 0 Å². The zero-order chi connectivity index (χ0) is 20.7. The van der Waals surface area contributed by atoms with Crippen LogP contribution in [-0.2, 0) is 4.79 Å². The minimum Gasteiger partial charge on any atom is -0.508 e. The molecule has 5 rings (SSSR count). The lowest BCUT2D eigenvalue weighted by atomic mass is 10.1. The van der Waals surface area contributed by atoms with Crippen molar-refractivity contribution < 1.29 is 9.90 Å². The number of nitrogens with zero attached hydrogens (tertiary/aromatic N) is 2. The highest BCUT2D eigenvalue weighted by molar-refractivity contribution is 6.30. The van der Waals surface area contributed by atoms with Crippen LogP contribution in [-0.4, -0.2) is 17.6 Å². The summed E-state index contributed by atoms with van der Waals surface area (Å²) in [5, 5.41) is 13.0. The van der Waals surface area contributed by atoms with E-state index in [4.69, 9.17) is 11.6 Å². The maximum absolute atomic E-state index is 13.2. The third kappa shape index (κ3) is 3.25. The van der Waals surface area contributed by atoms with Crippen LogP contribution in [0.2, 0.25) is 5.02 Å². The molecule has 4 aromatic carbocycles. The van der Waals surface area contributed by atoms with E-state index < -0.39 is 0 Å². The predicted molar refractivity (Wildman–Crippen MR) is 122 cm³/mol. The van der Waals surface area contributed by atoms with Gasteiger partial charge in [0.2, 0.25) is 5.91 Å². The number of aromatic hydroxyl groups is 1. The standard InChI is InChI=1S/C25H19ClN2O2/c26-19-6-9-20(10-7-19)27-14-13-25(30)28(23-12-11-22(29)16-24(23)27)21-8-5-17-3-1-2-4-18(17)15-21/h1-12,15-16,29H,13-14H2. The maximum Gasteiger partial charge on any atom is 0.233 e. The van der Waals surface area contributed by atoms with Gasteiger partial charge in [-0.2, -0.15) is 0 Å². The summed E-state index contributed by atoms with van der Waals surface area (Å²) in [6, 6.07) is 26.7. The minimum atomic E-state index is 0.00804. The Labute approximate surface area is 179 Å². The number of amides is 1. The monoisotopic (exact) mass is 414 g/mol. The van der Waals surface area contributed by atoms with E-state index in [2.05, 4.69) is 6.07 Å².